The minimum absolute atomic E-state index is 0.0891. The third-order valence-corrected chi connectivity index (χ3v) is 5.37. The number of nitrogens with two attached hydrogens (primary N) is 1. The summed E-state index contributed by atoms with van der Waals surface area (Å²) in [7, 11) is 0. The van der Waals surface area contributed by atoms with Crippen LogP contribution in [0, 0.1) is 12.7 Å². The molecule has 0 aliphatic heterocycles. The lowest BCUT2D eigenvalue weighted by Gasteiger charge is -2.15. The van der Waals surface area contributed by atoms with Gasteiger partial charge in [0.05, 0.1) is 34.5 Å². The molecule has 0 radical (unpaired) electrons. The standard InChI is InChI=1S/C21H15ClFN7O/c1-11-3-2-4-15-17(11)21(31)30(12-5-6-14(23)13(22)7-12)16(28-15)8-29-10-27-18-19(24)25-9-26-20(18)29/h2-7,9-10H,8H2,1H3,(H2,24,25,26). The average Bonchev–Trinajstić information content (AvgIpc) is 3.15. The second-order valence-corrected chi connectivity index (χ2v) is 7.45. The van der Waals surface area contributed by atoms with Crippen LogP contribution >= 0.6 is 11.6 Å². The lowest BCUT2D eigenvalue weighted by molar-refractivity contribution is 0.627. The highest BCUT2D eigenvalue weighted by atomic mass is 35.5. The molecule has 0 aliphatic rings. The normalized spacial score (nSPS) is 11.5. The highest BCUT2D eigenvalue weighted by Gasteiger charge is 2.17. The summed E-state index contributed by atoms with van der Waals surface area (Å²) in [4.78, 5) is 30.7. The maximum absolute atomic E-state index is 13.8. The number of hydrogen-bond donors (Lipinski definition) is 1. The number of anilines is 1. The number of aryl methyl sites for hydroxylation is 1. The quantitative estimate of drug-likeness (QED) is 0.466. The summed E-state index contributed by atoms with van der Waals surface area (Å²) in [6.07, 6.45) is 2.91. The molecule has 3 heterocycles. The lowest BCUT2D eigenvalue weighted by Crippen LogP contribution is -2.26. The summed E-state index contributed by atoms with van der Waals surface area (Å²) >= 11 is 6.00. The molecule has 0 fully saturated rings. The zero-order valence-electron chi connectivity index (χ0n) is 16.3. The van der Waals surface area contributed by atoms with Gasteiger partial charge in [0.25, 0.3) is 5.56 Å². The average molecular weight is 436 g/mol. The van der Waals surface area contributed by atoms with E-state index in [1.165, 1.54) is 29.1 Å². The van der Waals surface area contributed by atoms with Gasteiger partial charge < -0.3 is 10.3 Å². The number of halogens is 2. The summed E-state index contributed by atoms with van der Waals surface area (Å²) in [6, 6.07) is 9.57. The third-order valence-electron chi connectivity index (χ3n) is 5.08. The lowest BCUT2D eigenvalue weighted by atomic mass is 10.1. The Morgan fingerprint density at radius 2 is 2.00 bits per heavy atom. The van der Waals surface area contributed by atoms with E-state index in [-0.39, 0.29) is 22.9 Å². The first kappa shape index (κ1) is 19.1. The van der Waals surface area contributed by atoms with Crippen molar-refractivity contribution in [2.75, 3.05) is 5.73 Å². The van der Waals surface area contributed by atoms with E-state index >= 15 is 0 Å². The van der Waals surface area contributed by atoms with Crippen LogP contribution in [-0.2, 0) is 6.54 Å². The smallest absolute Gasteiger partial charge is 0.266 e. The van der Waals surface area contributed by atoms with Crippen molar-refractivity contribution in [2.24, 2.45) is 0 Å². The maximum Gasteiger partial charge on any atom is 0.266 e. The van der Waals surface area contributed by atoms with E-state index in [1.807, 2.05) is 19.1 Å². The fourth-order valence-corrected chi connectivity index (χ4v) is 3.78. The molecule has 0 atom stereocenters. The molecule has 0 unspecified atom stereocenters. The van der Waals surface area contributed by atoms with Gasteiger partial charge in [-0.05, 0) is 36.8 Å². The Bertz CT molecular complexity index is 1540. The van der Waals surface area contributed by atoms with Crippen LogP contribution in [0.3, 0.4) is 0 Å². The Kier molecular flexibility index (Phi) is 4.40. The molecule has 0 spiro atoms. The van der Waals surface area contributed by atoms with Crippen LogP contribution in [0.5, 0.6) is 0 Å². The molecule has 2 aromatic carbocycles. The number of nitrogens with zero attached hydrogens (tertiary/aromatic N) is 6. The fourth-order valence-electron chi connectivity index (χ4n) is 3.61. The largest absolute Gasteiger partial charge is 0.382 e. The zero-order valence-corrected chi connectivity index (χ0v) is 17.0. The molecule has 8 nitrogen and oxygen atoms in total. The molecule has 5 rings (SSSR count). The maximum atomic E-state index is 13.8. The Hall–Kier alpha value is -3.85. The van der Waals surface area contributed by atoms with Crippen LogP contribution in [0.25, 0.3) is 27.8 Å². The van der Waals surface area contributed by atoms with Gasteiger partial charge in [0.15, 0.2) is 11.5 Å². The van der Waals surface area contributed by atoms with E-state index in [9.17, 15) is 9.18 Å². The molecule has 154 valence electrons. The van der Waals surface area contributed by atoms with E-state index in [2.05, 4.69) is 15.0 Å². The van der Waals surface area contributed by atoms with Gasteiger partial charge >= 0.3 is 0 Å². The van der Waals surface area contributed by atoms with E-state index in [0.717, 1.165) is 5.56 Å². The van der Waals surface area contributed by atoms with Crippen LogP contribution in [0.1, 0.15) is 11.4 Å². The molecule has 10 heteroatoms. The summed E-state index contributed by atoms with van der Waals surface area (Å²) in [6.45, 7) is 2.01. The molecular weight excluding hydrogens is 421 g/mol. The summed E-state index contributed by atoms with van der Waals surface area (Å²) in [5, 5.41) is 0.391. The van der Waals surface area contributed by atoms with Gasteiger partial charge in [-0.1, -0.05) is 23.7 Å². The fraction of sp³-hybridized carbons (Fsp3) is 0.0952. The van der Waals surface area contributed by atoms with Crippen LogP contribution in [0.4, 0.5) is 10.2 Å². The predicted molar refractivity (Wildman–Crippen MR) is 116 cm³/mol. The number of hydrogen-bond acceptors (Lipinski definition) is 6. The summed E-state index contributed by atoms with van der Waals surface area (Å²) in [5.74, 6) is 0.0912. The second-order valence-electron chi connectivity index (χ2n) is 7.04. The topological polar surface area (TPSA) is 105 Å². The summed E-state index contributed by atoms with van der Waals surface area (Å²) in [5.41, 5.74) is 8.32. The Morgan fingerprint density at radius 3 is 2.81 bits per heavy atom. The number of imidazole rings is 1. The third kappa shape index (κ3) is 3.10. The molecule has 0 bridgehead atoms. The second kappa shape index (κ2) is 7.13. The Labute approximate surface area is 179 Å². The molecule has 0 saturated heterocycles. The van der Waals surface area contributed by atoms with Crippen molar-refractivity contribution in [3.63, 3.8) is 0 Å². The van der Waals surface area contributed by atoms with Gasteiger partial charge in [-0.15, -0.1) is 0 Å². The van der Waals surface area contributed by atoms with Crippen molar-refractivity contribution in [3.05, 3.63) is 81.6 Å². The van der Waals surface area contributed by atoms with E-state index < -0.39 is 5.82 Å². The van der Waals surface area contributed by atoms with Crippen molar-refractivity contribution in [2.45, 2.75) is 13.5 Å². The molecule has 0 saturated carbocycles. The van der Waals surface area contributed by atoms with Crippen molar-refractivity contribution in [3.8, 4) is 5.69 Å². The van der Waals surface area contributed by atoms with Crippen LogP contribution in [0.2, 0.25) is 5.02 Å². The van der Waals surface area contributed by atoms with Crippen molar-refractivity contribution < 1.29 is 4.39 Å². The number of rotatable bonds is 3. The molecular formula is C21H15ClFN7O. The molecule has 5 aromatic rings. The van der Waals surface area contributed by atoms with Gasteiger partial charge in [-0.3, -0.25) is 9.36 Å². The van der Waals surface area contributed by atoms with Crippen LogP contribution in [0.15, 0.2) is 53.8 Å². The molecule has 0 amide bonds. The number of fused-ring (bicyclic) bond motifs is 2. The summed E-state index contributed by atoms with van der Waals surface area (Å²) < 4.78 is 16.9. The van der Waals surface area contributed by atoms with Gasteiger partial charge in [0, 0.05) is 0 Å². The van der Waals surface area contributed by atoms with Crippen molar-refractivity contribution in [1.82, 2.24) is 29.1 Å². The first-order valence-corrected chi connectivity index (χ1v) is 9.70. The minimum Gasteiger partial charge on any atom is -0.382 e. The van der Waals surface area contributed by atoms with Gasteiger partial charge in [0.1, 0.15) is 23.5 Å². The minimum atomic E-state index is -0.572. The number of benzene rings is 2. The predicted octanol–water partition coefficient (Wildman–Crippen LogP) is 3.26. The van der Waals surface area contributed by atoms with Crippen LogP contribution < -0.4 is 11.3 Å². The van der Waals surface area contributed by atoms with Crippen LogP contribution in [-0.4, -0.2) is 29.1 Å². The Morgan fingerprint density at radius 1 is 1.16 bits per heavy atom. The van der Waals surface area contributed by atoms with E-state index in [1.54, 1.807) is 17.0 Å². The van der Waals surface area contributed by atoms with Gasteiger partial charge in [-0.2, -0.15) is 0 Å². The van der Waals surface area contributed by atoms with Crippen molar-refractivity contribution in [1.29, 1.82) is 0 Å². The molecule has 0 aliphatic carbocycles. The van der Waals surface area contributed by atoms with E-state index in [0.29, 0.717) is 33.6 Å². The molecule has 3 aromatic heterocycles. The molecule has 2 N–H and O–H groups in total. The Balaban J connectivity index is 1.79. The number of nitrogen functional groups attached to an aromatic ring is 1. The van der Waals surface area contributed by atoms with Crippen molar-refractivity contribution >= 4 is 39.5 Å². The highest BCUT2D eigenvalue weighted by molar-refractivity contribution is 6.30. The SMILES string of the molecule is Cc1cccc2nc(Cn3cnc4c(N)ncnc43)n(-c3ccc(F)c(Cl)c3)c(=O)c12. The molecule has 31 heavy (non-hydrogen) atoms. The first-order valence-electron chi connectivity index (χ1n) is 9.32. The monoisotopic (exact) mass is 435 g/mol. The number of aromatic nitrogens is 6. The first-order chi connectivity index (χ1) is 14.9. The van der Waals surface area contributed by atoms with E-state index in [4.69, 9.17) is 22.3 Å². The van der Waals surface area contributed by atoms with Gasteiger partial charge in [-0.25, -0.2) is 24.3 Å². The zero-order chi connectivity index (χ0) is 21.7. The van der Waals surface area contributed by atoms with Gasteiger partial charge in [0.2, 0.25) is 0 Å². The highest BCUT2D eigenvalue weighted by Crippen LogP contribution is 2.22.